The fourth-order valence-corrected chi connectivity index (χ4v) is 1.80. The summed E-state index contributed by atoms with van der Waals surface area (Å²) in [5, 5.41) is 14.3. The molecule has 0 spiro atoms. The van der Waals surface area contributed by atoms with Gasteiger partial charge in [0.05, 0.1) is 22.6 Å². The van der Waals surface area contributed by atoms with E-state index in [1.807, 2.05) is 6.92 Å². The zero-order valence-electron chi connectivity index (χ0n) is 11.0. The highest BCUT2D eigenvalue weighted by atomic mass is 19.1. The van der Waals surface area contributed by atoms with Crippen LogP contribution in [0.2, 0.25) is 0 Å². The Morgan fingerprint density at radius 3 is 2.81 bits per heavy atom. The summed E-state index contributed by atoms with van der Waals surface area (Å²) in [5.74, 6) is -2.42. The van der Waals surface area contributed by atoms with Crippen LogP contribution in [0, 0.1) is 21.7 Å². The molecule has 21 heavy (non-hydrogen) atoms. The predicted octanol–water partition coefficient (Wildman–Crippen LogP) is 2.72. The van der Waals surface area contributed by atoms with Crippen molar-refractivity contribution < 1.29 is 18.2 Å². The minimum atomic E-state index is -1.24. The molecular formula is C12H12F2N4O3. The number of nitro groups is 1. The highest BCUT2D eigenvalue weighted by molar-refractivity contribution is 5.59. The van der Waals surface area contributed by atoms with Crippen LogP contribution in [0.4, 0.5) is 14.5 Å². The standard InChI is InChI=1S/C12H12F2N4O3/c1-2-3-8(15)11-16-12(21-17-11)7-4-6(13)5-9(10(7)14)18(19)20/h4-5,8H,2-3,15H2,1H3. The van der Waals surface area contributed by atoms with E-state index in [1.54, 1.807) is 0 Å². The summed E-state index contributed by atoms with van der Waals surface area (Å²) in [4.78, 5) is 13.5. The minimum Gasteiger partial charge on any atom is -0.334 e. The molecule has 7 nitrogen and oxygen atoms in total. The third-order valence-corrected chi connectivity index (χ3v) is 2.82. The Hall–Kier alpha value is -2.42. The summed E-state index contributed by atoms with van der Waals surface area (Å²) < 4.78 is 32.2. The van der Waals surface area contributed by atoms with E-state index in [0.717, 1.165) is 12.5 Å². The van der Waals surface area contributed by atoms with E-state index in [4.69, 9.17) is 10.3 Å². The molecule has 0 saturated carbocycles. The molecule has 2 rings (SSSR count). The molecule has 1 atom stereocenters. The van der Waals surface area contributed by atoms with Crippen LogP contribution in [0.3, 0.4) is 0 Å². The normalized spacial score (nSPS) is 12.4. The zero-order chi connectivity index (χ0) is 15.6. The molecule has 0 radical (unpaired) electrons. The van der Waals surface area contributed by atoms with Gasteiger partial charge in [-0.1, -0.05) is 18.5 Å². The van der Waals surface area contributed by atoms with Crippen LogP contribution < -0.4 is 5.73 Å². The van der Waals surface area contributed by atoms with Crippen molar-refractivity contribution in [3.05, 3.63) is 39.7 Å². The monoisotopic (exact) mass is 298 g/mol. The first kappa shape index (κ1) is 15.0. The summed E-state index contributed by atoms with van der Waals surface area (Å²) >= 11 is 0. The van der Waals surface area contributed by atoms with E-state index in [-0.39, 0.29) is 11.7 Å². The van der Waals surface area contributed by atoms with Crippen molar-refractivity contribution in [1.82, 2.24) is 10.1 Å². The highest BCUT2D eigenvalue weighted by Crippen LogP contribution is 2.30. The fraction of sp³-hybridized carbons (Fsp3) is 0.333. The van der Waals surface area contributed by atoms with E-state index < -0.39 is 33.9 Å². The second-order valence-electron chi connectivity index (χ2n) is 4.40. The lowest BCUT2D eigenvalue weighted by Gasteiger charge is -2.02. The van der Waals surface area contributed by atoms with Gasteiger partial charge in [0.15, 0.2) is 5.82 Å². The van der Waals surface area contributed by atoms with E-state index in [1.165, 1.54) is 0 Å². The molecule has 0 bridgehead atoms. The first-order valence-corrected chi connectivity index (χ1v) is 6.17. The van der Waals surface area contributed by atoms with Gasteiger partial charge < -0.3 is 10.3 Å². The van der Waals surface area contributed by atoms with Gasteiger partial charge in [0, 0.05) is 0 Å². The quantitative estimate of drug-likeness (QED) is 0.671. The molecular weight excluding hydrogens is 286 g/mol. The van der Waals surface area contributed by atoms with Gasteiger partial charge in [-0.2, -0.15) is 9.37 Å². The number of aromatic nitrogens is 2. The number of benzene rings is 1. The maximum Gasteiger partial charge on any atom is 0.308 e. The SMILES string of the molecule is CCCC(N)c1noc(-c2cc(F)cc([N+](=O)[O-])c2F)n1. The van der Waals surface area contributed by atoms with Crippen molar-refractivity contribution in [1.29, 1.82) is 0 Å². The van der Waals surface area contributed by atoms with Crippen LogP contribution >= 0.6 is 0 Å². The Morgan fingerprint density at radius 1 is 1.48 bits per heavy atom. The third kappa shape index (κ3) is 3.02. The summed E-state index contributed by atoms with van der Waals surface area (Å²) in [7, 11) is 0. The summed E-state index contributed by atoms with van der Waals surface area (Å²) in [5.41, 5.74) is 4.32. The Morgan fingerprint density at radius 2 is 2.19 bits per heavy atom. The van der Waals surface area contributed by atoms with Crippen molar-refractivity contribution in [2.24, 2.45) is 5.73 Å². The molecule has 0 aliphatic carbocycles. The first-order chi connectivity index (χ1) is 9.93. The maximum absolute atomic E-state index is 14.0. The minimum absolute atomic E-state index is 0.137. The maximum atomic E-state index is 14.0. The number of nitrogens with zero attached hydrogens (tertiary/aromatic N) is 3. The molecule has 2 N–H and O–H groups in total. The molecule has 9 heteroatoms. The average Bonchev–Trinajstić information content (AvgIpc) is 2.90. The number of nitro benzene ring substituents is 1. The van der Waals surface area contributed by atoms with Gasteiger partial charge in [-0.3, -0.25) is 10.1 Å². The predicted molar refractivity (Wildman–Crippen MR) is 68.1 cm³/mol. The van der Waals surface area contributed by atoms with E-state index in [0.29, 0.717) is 12.5 Å². The van der Waals surface area contributed by atoms with Gasteiger partial charge in [0.1, 0.15) is 5.82 Å². The Labute approximate surface area is 117 Å². The number of hydrogen-bond donors (Lipinski definition) is 1. The molecule has 0 aliphatic rings. The number of nitrogens with two attached hydrogens (primary N) is 1. The van der Waals surface area contributed by atoms with Gasteiger partial charge in [0.2, 0.25) is 5.82 Å². The van der Waals surface area contributed by atoms with Crippen LogP contribution in [-0.2, 0) is 0 Å². The van der Waals surface area contributed by atoms with E-state index in [9.17, 15) is 18.9 Å². The molecule has 1 unspecified atom stereocenters. The van der Waals surface area contributed by atoms with Crippen LogP contribution in [0.15, 0.2) is 16.7 Å². The lowest BCUT2D eigenvalue weighted by Crippen LogP contribution is -2.11. The second-order valence-corrected chi connectivity index (χ2v) is 4.40. The molecule has 0 amide bonds. The molecule has 2 aromatic rings. The lowest BCUT2D eigenvalue weighted by atomic mass is 10.1. The third-order valence-electron chi connectivity index (χ3n) is 2.82. The molecule has 112 valence electrons. The van der Waals surface area contributed by atoms with Gasteiger partial charge in [-0.05, 0) is 12.5 Å². The zero-order valence-corrected chi connectivity index (χ0v) is 11.0. The summed E-state index contributed by atoms with van der Waals surface area (Å²) in [6, 6.07) is 0.739. The smallest absolute Gasteiger partial charge is 0.308 e. The van der Waals surface area contributed by atoms with Gasteiger partial charge in [0.25, 0.3) is 5.89 Å². The topological polar surface area (TPSA) is 108 Å². The van der Waals surface area contributed by atoms with Gasteiger partial charge in [-0.25, -0.2) is 4.39 Å². The van der Waals surface area contributed by atoms with Crippen LogP contribution in [0.25, 0.3) is 11.5 Å². The van der Waals surface area contributed by atoms with Crippen molar-refractivity contribution >= 4 is 5.69 Å². The molecule has 1 aromatic carbocycles. The first-order valence-electron chi connectivity index (χ1n) is 6.17. The van der Waals surface area contributed by atoms with E-state index >= 15 is 0 Å². The van der Waals surface area contributed by atoms with Crippen LogP contribution in [0.1, 0.15) is 31.6 Å². The van der Waals surface area contributed by atoms with E-state index in [2.05, 4.69) is 10.1 Å². The summed E-state index contributed by atoms with van der Waals surface area (Å²) in [6.07, 6.45) is 1.37. The molecule has 0 fully saturated rings. The van der Waals surface area contributed by atoms with Gasteiger partial charge >= 0.3 is 5.69 Å². The Balaban J connectivity index is 2.45. The number of hydrogen-bond acceptors (Lipinski definition) is 6. The average molecular weight is 298 g/mol. The molecule has 1 heterocycles. The Kier molecular flexibility index (Phi) is 4.22. The Bertz CT molecular complexity index is 675. The molecule has 0 saturated heterocycles. The molecule has 0 aliphatic heterocycles. The number of halogens is 2. The summed E-state index contributed by atoms with van der Waals surface area (Å²) in [6.45, 7) is 1.91. The number of rotatable bonds is 5. The van der Waals surface area contributed by atoms with Crippen molar-refractivity contribution in [2.45, 2.75) is 25.8 Å². The molecule has 1 aromatic heterocycles. The van der Waals surface area contributed by atoms with Crippen LogP contribution in [-0.4, -0.2) is 15.1 Å². The van der Waals surface area contributed by atoms with Gasteiger partial charge in [-0.15, -0.1) is 0 Å². The fourth-order valence-electron chi connectivity index (χ4n) is 1.80. The largest absolute Gasteiger partial charge is 0.334 e. The van der Waals surface area contributed by atoms with Crippen molar-refractivity contribution in [3.63, 3.8) is 0 Å². The lowest BCUT2D eigenvalue weighted by molar-refractivity contribution is -0.387. The second kappa shape index (κ2) is 5.92. The van der Waals surface area contributed by atoms with Crippen molar-refractivity contribution in [3.8, 4) is 11.5 Å². The highest BCUT2D eigenvalue weighted by Gasteiger charge is 2.25. The van der Waals surface area contributed by atoms with Crippen molar-refractivity contribution in [2.75, 3.05) is 0 Å². The van der Waals surface area contributed by atoms with Crippen LogP contribution in [0.5, 0.6) is 0 Å².